The van der Waals surface area contributed by atoms with E-state index in [4.69, 9.17) is 0 Å². The zero-order chi connectivity index (χ0) is 11.9. The molecule has 0 saturated carbocycles. The third-order valence-corrected chi connectivity index (χ3v) is 3.30. The van der Waals surface area contributed by atoms with Crippen molar-refractivity contribution < 1.29 is 0 Å². The topological polar surface area (TPSA) is 37.8 Å². The molecular formula is C13H17N3S. The van der Waals surface area contributed by atoms with Gasteiger partial charge in [-0.3, -0.25) is 0 Å². The first kappa shape index (κ1) is 12.2. The summed E-state index contributed by atoms with van der Waals surface area (Å²) in [5, 5.41) is 5.42. The molecule has 0 radical (unpaired) electrons. The second-order valence-corrected chi connectivity index (χ2v) is 4.97. The molecule has 0 saturated heterocycles. The molecule has 2 aromatic rings. The van der Waals surface area contributed by atoms with Crippen LogP contribution in [0.5, 0.6) is 0 Å². The van der Waals surface area contributed by atoms with Gasteiger partial charge in [0.1, 0.15) is 5.82 Å². The Balaban J connectivity index is 1.89. The molecule has 90 valence electrons. The number of aromatic nitrogens is 2. The first-order valence-corrected chi connectivity index (χ1v) is 6.79. The maximum absolute atomic E-state index is 4.39. The molecule has 0 spiro atoms. The van der Waals surface area contributed by atoms with Gasteiger partial charge in [0.15, 0.2) is 0 Å². The van der Waals surface area contributed by atoms with Crippen LogP contribution < -0.4 is 5.32 Å². The van der Waals surface area contributed by atoms with Crippen LogP contribution in [0, 0.1) is 0 Å². The van der Waals surface area contributed by atoms with E-state index in [2.05, 4.69) is 39.7 Å². The Bertz CT molecular complexity index is 422. The van der Waals surface area contributed by atoms with Crippen LogP contribution in [0.3, 0.4) is 0 Å². The lowest BCUT2D eigenvalue weighted by atomic mass is 10.3. The third kappa shape index (κ3) is 3.91. The third-order valence-electron chi connectivity index (χ3n) is 2.43. The molecule has 0 amide bonds. The maximum atomic E-state index is 4.39. The van der Waals surface area contributed by atoms with Gasteiger partial charge >= 0.3 is 0 Å². The second kappa shape index (κ2) is 6.47. The van der Waals surface area contributed by atoms with Crippen LogP contribution in [0.2, 0.25) is 0 Å². The molecule has 0 bridgehead atoms. The fraction of sp³-hybridized carbons (Fsp3) is 0.385. The summed E-state index contributed by atoms with van der Waals surface area (Å²) in [6, 6.07) is 4.17. The Kier molecular flexibility index (Phi) is 4.64. The highest BCUT2D eigenvalue weighted by Gasteiger charge is 2.00. The number of rotatable bonds is 6. The number of nitrogens with zero attached hydrogens (tertiary/aromatic N) is 2. The number of nitrogens with one attached hydrogen (secondary N) is 1. The Hall–Kier alpha value is -1.26. The molecular weight excluding hydrogens is 230 g/mol. The molecule has 0 fully saturated rings. The SMILES string of the molecule is CCCNCc1cnc(Cc2cccs2)nc1. The van der Waals surface area contributed by atoms with Crippen molar-refractivity contribution in [2.45, 2.75) is 26.3 Å². The van der Waals surface area contributed by atoms with Crippen LogP contribution in [0.4, 0.5) is 0 Å². The van der Waals surface area contributed by atoms with E-state index in [0.717, 1.165) is 37.3 Å². The number of thiophene rings is 1. The Morgan fingerprint density at radius 2 is 2.12 bits per heavy atom. The minimum absolute atomic E-state index is 0.834. The van der Waals surface area contributed by atoms with Gasteiger partial charge in [0, 0.05) is 35.8 Å². The smallest absolute Gasteiger partial charge is 0.133 e. The highest BCUT2D eigenvalue weighted by atomic mass is 32.1. The molecule has 2 rings (SSSR count). The van der Waals surface area contributed by atoms with Crippen LogP contribution in [-0.4, -0.2) is 16.5 Å². The standard InChI is InChI=1S/C13H17N3S/c1-2-5-14-8-11-9-15-13(16-10-11)7-12-4-3-6-17-12/h3-4,6,9-10,14H,2,5,7-8H2,1H3. The zero-order valence-electron chi connectivity index (χ0n) is 10.0. The summed E-state index contributed by atoms with van der Waals surface area (Å²) in [5.41, 5.74) is 1.15. The van der Waals surface area contributed by atoms with Crippen molar-refractivity contribution in [3.8, 4) is 0 Å². The van der Waals surface area contributed by atoms with Gasteiger partial charge in [-0.05, 0) is 24.4 Å². The largest absolute Gasteiger partial charge is 0.313 e. The molecule has 17 heavy (non-hydrogen) atoms. The predicted molar refractivity (Wildman–Crippen MR) is 71.2 cm³/mol. The van der Waals surface area contributed by atoms with Crippen LogP contribution in [0.25, 0.3) is 0 Å². The fourth-order valence-corrected chi connectivity index (χ4v) is 2.24. The van der Waals surface area contributed by atoms with E-state index in [1.54, 1.807) is 11.3 Å². The summed E-state index contributed by atoms with van der Waals surface area (Å²) in [6.07, 6.45) is 5.81. The summed E-state index contributed by atoms with van der Waals surface area (Å²) in [6.45, 7) is 4.05. The monoisotopic (exact) mass is 247 g/mol. The van der Waals surface area contributed by atoms with Crippen LogP contribution in [-0.2, 0) is 13.0 Å². The van der Waals surface area contributed by atoms with E-state index in [1.165, 1.54) is 4.88 Å². The van der Waals surface area contributed by atoms with Crippen LogP contribution in [0.1, 0.15) is 29.6 Å². The van der Waals surface area contributed by atoms with Crippen molar-refractivity contribution >= 4 is 11.3 Å². The molecule has 3 nitrogen and oxygen atoms in total. The van der Waals surface area contributed by atoms with E-state index in [9.17, 15) is 0 Å². The molecule has 1 N–H and O–H groups in total. The molecule has 0 aliphatic carbocycles. The normalized spacial score (nSPS) is 10.6. The summed E-state index contributed by atoms with van der Waals surface area (Å²) in [7, 11) is 0. The molecule has 0 aromatic carbocycles. The minimum atomic E-state index is 0.834. The molecule has 0 atom stereocenters. The number of hydrogen-bond acceptors (Lipinski definition) is 4. The van der Waals surface area contributed by atoms with Crippen molar-refractivity contribution in [1.29, 1.82) is 0 Å². The van der Waals surface area contributed by atoms with Gasteiger partial charge in [-0.15, -0.1) is 11.3 Å². The summed E-state index contributed by atoms with van der Waals surface area (Å²) < 4.78 is 0. The lowest BCUT2D eigenvalue weighted by Gasteiger charge is -2.03. The van der Waals surface area contributed by atoms with Gasteiger partial charge in [0.05, 0.1) is 0 Å². The van der Waals surface area contributed by atoms with Gasteiger partial charge in [0.2, 0.25) is 0 Å². The quantitative estimate of drug-likeness (QED) is 0.797. The van der Waals surface area contributed by atoms with Gasteiger partial charge in [-0.25, -0.2) is 9.97 Å². The van der Waals surface area contributed by atoms with Crippen LogP contribution in [0.15, 0.2) is 29.9 Å². The van der Waals surface area contributed by atoms with Crippen molar-refractivity contribution in [3.05, 3.63) is 46.2 Å². The van der Waals surface area contributed by atoms with Gasteiger partial charge in [0.25, 0.3) is 0 Å². The summed E-state index contributed by atoms with van der Waals surface area (Å²) in [5.74, 6) is 0.895. The molecule has 0 aliphatic rings. The van der Waals surface area contributed by atoms with Crippen molar-refractivity contribution in [2.24, 2.45) is 0 Å². The Morgan fingerprint density at radius 3 is 2.76 bits per heavy atom. The van der Waals surface area contributed by atoms with E-state index >= 15 is 0 Å². The van der Waals surface area contributed by atoms with E-state index < -0.39 is 0 Å². The Morgan fingerprint density at radius 1 is 1.29 bits per heavy atom. The van der Waals surface area contributed by atoms with E-state index in [-0.39, 0.29) is 0 Å². The number of hydrogen-bond donors (Lipinski definition) is 1. The van der Waals surface area contributed by atoms with Crippen molar-refractivity contribution in [1.82, 2.24) is 15.3 Å². The lowest BCUT2D eigenvalue weighted by molar-refractivity contribution is 0.670. The van der Waals surface area contributed by atoms with E-state index in [0.29, 0.717) is 0 Å². The molecule has 0 aliphatic heterocycles. The molecule has 2 aromatic heterocycles. The summed E-state index contributed by atoms with van der Waals surface area (Å²) in [4.78, 5) is 10.1. The molecule has 2 heterocycles. The second-order valence-electron chi connectivity index (χ2n) is 3.94. The van der Waals surface area contributed by atoms with E-state index in [1.807, 2.05) is 12.4 Å². The van der Waals surface area contributed by atoms with Crippen molar-refractivity contribution in [3.63, 3.8) is 0 Å². The predicted octanol–water partition coefficient (Wildman–Crippen LogP) is 2.63. The highest BCUT2D eigenvalue weighted by molar-refractivity contribution is 7.09. The summed E-state index contributed by atoms with van der Waals surface area (Å²) >= 11 is 1.75. The zero-order valence-corrected chi connectivity index (χ0v) is 10.8. The van der Waals surface area contributed by atoms with Crippen LogP contribution >= 0.6 is 11.3 Å². The van der Waals surface area contributed by atoms with Crippen molar-refractivity contribution in [2.75, 3.05) is 6.54 Å². The average Bonchev–Trinajstić information content (AvgIpc) is 2.85. The molecule has 4 heteroatoms. The fourth-order valence-electron chi connectivity index (χ4n) is 1.54. The minimum Gasteiger partial charge on any atom is -0.313 e. The Labute approximate surface area is 106 Å². The first-order valence-electron chi connectivity index (χ1n) is 5.91. The highest BCUT2D eigenvalue weighted by Crippen LogP contribution is 2.12. The molecule has 0 unspecified atom stereocenters. The first-order chi connectivity index (χ1) is 8.38. The van der Waals surface area contributed by atoms with Gasteiger partial charge in [-0.1, -0.05) is 13.0 Å². The van der Waals surface area contributed by atoms with Gasteiger partial charge in [-0.2, -0.15) is 0 Å². The van der Waals surface area contributed by atoms with Gasteiger partial charge < -0.3 is 5.32 Å². The average molecular weight is 247 g/mol. The lowest BCUT2D eigenvalue weighted by Crippen LogP contribution is -2.14. The maximum Gasteiger partial charge on any atom is 0.133 e.